The van der Waals surface area contributed by atoms with Crippen molar-refractivity contribution in [1.29, 1.82) is 0 Å². The van der Waals surface area contributed by atoms with Crippen molar-refractivity contribution in [3.63, 3.8) is 0 Å². The zero-order valence-corrected chi connectivity index (χ0v) is 19.8. The minimum Gasteiger partial charge on any atom is -0.385 e. The molecule has 1 aromatic carbocycles. The van der Waals surface area contributed by atoms with Gasteiger partial charge in [0.25, 0.3) is 5.56 Å². The number of aryl methyl sites for hydroxylation is 2. The second-order valence-corrected chi connectivity index (χ2v) is 10.2. The number of halogens is 1. The summed E-state index contributed by atoms with van der Waals surface area (Å²) in [6.07, 6.45) is 4.64. The number of carbonyl (C=O) groups excluding carboxylic acids is 1. The van der Waals surface area contributed by atoms with Gasteiger partial charge in [0.15, 0.2) is 5.16 Å². The Hall–Kier alpha value is -2.23. The van der Waals surface area contributed by atoms with Crippen molar-refractivity contribution in [3.8, 4) is 5.69 Å². The largest absolute Gasteiger partial charge is 0.385 e. The van der Waals surface area contributed by atoms with Gasteiger partial charge in [0.1, 0.15) is 10.6 Å². The van der Waals surface area contributed by atoms with Crippen molar-refractivity contribution in [2.75, 3.05) is 20.3 Å². The summed E-state index contributed by atoms with van der Waals surface area (Å²) in [4.78, 5) is 32.9. The molecule has 1 aliphatic rings. The Bertz CT molecular complexity index is 1190. The molecule has 9 heteroatoms. The minimum atomic E-state index is -0.505. The van der Waals surface area contributed by atoms with Gasteiger partial charge < -0.3 is 10.1 Å². The van der Waals surface area contributed by atoms with Crippen molar-refractivity contribution >= 4 is 39.2 Å². The van der Waals surface area contributed by atoms with Crippen LogP contribution < -0.4 is 10.9 Å². The first kappa shape index (κ1) is 22.9. The molecule has 0 bridgehead atoms. The number of hydrogen-bond acceptors (Lipinski definition) is 6. The molecule has 0 fully saturated rings. The second-order valence-electron chi connectivity index (χ2n) is 7.77. The van der Waals surface area contributed by atoms with Gasteiger partial charge in [-0.15, -0.1) is 11.3 Å². The molecule has 0 saturated carbocycles. The third kappa shape index (κ3) is 4.60. The molecular formula is C23H26FN3O3S2. The molecule has 0 spiro atoms. The fourth-order valence-electron chi connectivity index (χ4n) is 3.89. The Morgan fingerprint density at radius 2 is 2.12 bits per heavy atom. The van der Waals surface area contributed by atoms with E-state index in [1.165, 1.54) is 27.3 Å². The summed E-state index contributed by atoms with van der Waals surface area (Å²) in [5.41, 5.74) is 0.937. The van der Waals surface area contributed by atoms with Gasteiger partial charge in [0.2, 0.25) is 5.91 Å². The van der Waals surface area contributed by atoms with Crippen molar-refractivity contribution in [1.82, 2.24) is 14.9 Å². The maximum atomic E-state index is 14.8. The molecule has 2 heterocycles. The Labute approximate surface area is 194 Å². The molecule has 6 nitrogen and oxygen atoms in total. The summed E-state index contributed by atoms with van der Waals surface area (Å²) in [6, 6.07) is 6.18. The van der Waals surface area contributed by atoms with Gasteiger partial charge in [-0.05, 0) is 56.7 Å². The quantitative estimate of drug-likeness (QED) is 0.302. The summed E-state index contributed by atoms with van der Waals surface area (Å²) in [7, 11) is 1.62. The predicted molar refractivity (Wildman–Crippen MR) is 127 cm³/mol. The molecule has 0 aliphatic heterocycles. The van der Waals surface area contributed by atoms with E-state index in [4.69, 9.17) is 9.72 Å². The topological polar surface area (TPSA) is 73.2 Å². The van der Waals surface area contributed by atoms with E-state index in [1.54, 1.807) is 43.6 Å². The number of ether oxygens (including phenoxy) is 1. The number of nitrogens with zero attached hydrogens (tertiary/aromatic N) is 2. The van der Waals surface area contributed by atoms with Crippen LogP contribution in [0, 0.1) is 5.82 Å². The predicted octanol–water partition coefficient (Wildman–Crippen LogP) is 4.10. The average molecular weight is 476 g/mol. The van der Waals surface area contributed by atoms with E-state index in [1.807, 2.05) is 0 Å². The summed E-state index contributed by atoms with van der Waals surface area (Å²) in [5, 5.41) is 3.28. The van der Waals surface area contributed by atoms with E-state index in [0.717, 1.165) is 31.2 Å². The third-order valence-corrected chi connectivity index (χ3v) is 7.77. The molecule has 1 N–H and O–H groups in total. The highest BCUT2D eigenvalue weighted by molar-refractivity contribution is 8.00. The van der Waals surface area contributed by atoms with E-state index in [9.17, 15) is 14.0 Å². The summed E-state index contributed by atoms with van der Waals surface area (Å²) in [6.45, 7) is 2.83. The lowest BCUT2D eigenvalue weighted by atomic mass is 9.97. The standard InChI is InChI=1S/C23H26FN3O3S2/c1-14(20(28)25-12-7-13-30-2)31-23-26-21-19(15-8-3-6-11-18(15)32-21)22(29)27(23)17-10-5-4-9-16(17)24/h4-5,9-10,14H,3,6-8,11-13H2,1-2H3,(H,25,28). The van der Waals surface area contributed by atoms with Crippen LogP contribution in [0.15, 0.2) is 34.2 Å². The Kier molecular flexibility index (Phi) is 7.27. The first-order valence-corrected chi connectivity index (χ1v) is 12.5. The van der Waals surface area contributed by atoms with Crippen LogP contribution in [-0.4, -0.2) is 41.0 Å². The smallest absolute Gasteiger partial charge is 0.267 e. The number of thioether (sulfide) groups is 1. The van der Waals surface area contributed by atoms with Gasteiger partial charge in [-0.25, -0.2) is 9.37 Å². The van der Waals surface area contributed by atoms with E-state index in [-0.39, 0.29) is 17.2 Å². The van der Waals surface area contributed by atoms with Crippen molar-refractivity contribution < 1.29 is 13.9 Å². The van der Waals surface area contributed by atoms with Gasteiger partial charge in [-0.3, -0.25) is 14.2 Å². The van der Waals surface area contributed by atoms with E-state index in [2.05, 4.69) is 5.32 Å². The van der Waals surface area contributed by atoms with Crippen LogP contribution in [0.2, 0.25) is 0 Å². The fourth-order valence-corrected chi connectivity index (χ4v) is 6.14. The van der Waals surface area contributed by atoms with Gasteiger partial charge >= 0.3 is 0 Å². The number of benzene rings is 1. The van der Waals surface area contributed by atoms with Crippen molar-refractivity contribution in [2.45, 2.75) is 49.4 Å². The first-order chi connectivity index (χ1) is 15.5. The first-order valence-electron chi connectivity index (χ1n) is 10.8. The van der Waals surface area contributed by atoms with Gasteiger partial charge in [-0.1, -0.05) is 23.9 Å². The number of para-hydroxylation sites is 1. The van der Waals surface area contributed by atoms with E-state index >= 15 is 0 Å². The number of nitrogens with one attached hydrogen (secondary N) is 1. The van der Waals surface area contributed by atoms with Gasteiger partial charge in [0, 0.05) is 25.1 Å². The molecular weight excluding hydrogens is 449 g/mol. The normalized spacial score (nSPS) is 14.3. The lowest BCUT2D eigenvalue weighted by Gasteiger charge is -2.16. The van der Waals surface area contributed by atoms with Crippen LogP contribution in [-0.2, 0) is 22.4 Å². The number of fused-ring (bicyclic) bond motifs is 3. The Morgan fingerprint density at radius 1 is 1.34 bits per heavy atom. The number of carbonyl (C=O) groups is 1. The highest BCUT2D eigenvalue weighted by Crippen LogP contribution is 2.36. The lowest BCUT2D eigenvalue weighted by molar-refractivity contribution is -0.120. The molecule has 3 aromatic rings. The average Bonchev–Trinajstić information content (AvgIpc) is 3.16. The molecule has 2 aromatic heterocycles. The monoisotopic (exact) mass is 475 g/mol. The second kappa shape index (κ2) is 10.1. The molecule has 1 aliphatic carbocycles. The number of hydrogen-bond donors (Lipinski definition) is 1. The Balaban J connectivity index is 1.75. The van der Waals surface area contributed by atoms with Crippen LogP contribution in [0.3, 0.4) is 0 Å². The molecule has 0 saturated heterocycles. The van der Waals surface area contributed by atoms with Gasteiger partial charge in [-0.2, -0.15) is 0 Å². The summed E-state index contributed by atoms with van der Waals surface area (Å²) in [5.74, 6) is -0.663. The fraction of sp³-hybridized carbons (Fsp3) is 0.435. The molecule has 1 unspecified atom stereocenters. The van der Waals surface area contributed by atoms with Crippen molar-refractivity contribution in [3.05, 3.63) is 50.9 Å². The van der Waals surface area contributed by atoms with Crippen LogP contribution in [0.4, 0.5) is 4.39 Å². The number of rotatable bonds is 8. The lowest BCUT2D eigenvalue weighted by Crippen LogP contribution is -2.33. The number of methoxy groups -OCH3 is 1. The van der Waals surface area contributed by atoms with Crippen LogP contribution in [0.1, 0.15) is 36.6 Å². The molecule has 0 radical (unpaired) electrons. The molecule has 170 valence electrons. The molecule has 1 atom stereocenters. The molecule has 32 heavy (non-hydrogen) atoms. The zero-order valence-electron chi connectivity index (χ0n) is 18.2. The molecule has 4 rings (SSSR count). The highest BCUT2D eigenvalue weighted by Gasteiger charge is 2.25. The SMILES string of the molecule is COCCCNC(=O)C(C)Sc1nc2sc3c(c2c(=O)n1-c1ccccc1F)CCCC3. The summed E-state index contributed by atoms with van der Waals surface area (Å²) >= 11 is 2.71. The van der Waals surface area contributed by atoms with Crippen molar-refractivity contribution in [2.24, 2.45) is 0 Å². The number of aromatic nitrogens is 2. The van der Waals surface area contributed by atoms with Crippen LogP contribution in [0.5, 0.6) is 0 Å². The van der Waals surface area contributed by atoms with Gasteiger partial charge in [0.05, 0.1) is 16.3 Å². The van der Waals surface area contributed by atoms with E-state index < -0.39 is 11.1 Å². The maximum Gasteiger partial charge on any atom is 0.267 e. The minimum absolute atomic E-state index is 0.151. The highest BCUT2D eigenvalue weighted by atomic mass is 32.2. The number of thiophene rings is 1. The summed E-state index contributed by atoms with van der Waals surface area (Å²) < 4.78 is 21.1. The number of amides is 1. The third-order valence-electron chi connectivity index (χ3n) is 5.53. The molecule has 1 amide bonds. The maximum absolute atomic E-state index is 14.8. The van der Waals surface area contributed by atoms with Crippen LogP contribution >= 0.6 is 23.1 Å². The van der Waals surface area contributed by atoms with Crippen LogP contribution in [0.25, 0.3) is 15.9 Å². The Morgan fingerprint density at radius 3 is 2.91 bits per heavy atom. The zero-order chi connectivity index (χ0) is 22.7. The van der Waals surface area contributed by atoms with E-state index in [0.29, 0.717) is 34.9 Å².